The Morgan fingerprint density at radius 1 is 1.14 bits per heavy atom. The highest BCUT2D eigenvalue weighted by molar-refractivity contribution is 6.35. The Hall–Kier alpha value is -1.25. The van der Waals surface area contributed by atoms with E-state index in [-0.39, 0.29) is 6.10 Å². The van der Waals surface area contributed by atoms with Crippen molar-refractivity contribution in [2.45, 2.75) is 44.8 Å². The largest absolute Gasteiger partial charge is 0.489 e. The lowest BCUT2D eigenvalue weighted by molar-refractivity contribution is 0.214. The zero-order chi connectivity index (χ0) is 14.7. The summed E-state index contributed by atoms with van der Waals surface area (Å²) in [4.78, 5) is 0. The molecule has 0 aromatic heterocycles. The van der Waals surface area contributed by atoms with E-state index in [1.54, 1.807) is 0 Å². The Balaban J connectivity index is 1.68. The first-order valence-electron chi connectivity index (χ1n) is 7.81. The third-order valence-electron chi connectivity index (χ3n) is 4.21. The zero-order valence-electron chi connectivity index (χ0n) is 12.4. The normalized spacial score (nSPS) is 17.2. The number of hydrogen-bond acceptors (Lipinski definition) is 2. The summed E-state index contributed by atoms with van der Waals surface area (Å²) in [5.41, 5.74) is 0. The average Bonchev–Trinajstić information content (AvgIpc) is 3.02. The minimum atomic E-state index is 0.148. The number of benzene rings is 2. The van der Waals surface area contributed by atoms with Gasteiger partial charge in [0, 0.05) is 28.4 Å². The van der Waals surface area contributed by atoms with Crippen LogP contribution in [0.3, 0.4) is 0 Å². The molecule has 3 heteroatoms. The molecule has 0 radical (unpaired) electrons. The number of ether oxygens (including phenoxy) is 1. The van der Waals surface area contributed by atoms with E-state index in [9.17, 15) is 0 Å². The fourth-order valence-electron chi connectivity index (χ4n) is 3.06. The molecule has 0 amide bonds. The van der Waals surface area contributed by atoms with Gasteiger partial charge in [-0.25, -0.2) is 0 Å². The molecule has 0 aliphatic heterocycles. The van der Waals surface area contributed by atoms with Gasteiger partial charge in [-0.05, 0) is 31.9 Å². The molecule has 112 valence electrons. The molecule has 0 heterocycles. The van der Waals surface area contributed by atoms with Crippen LogP contribution in [-0.4, -0.2) is 18.7 Å². The Morgan fingerprint density at radius 3 is 2.62 bits per heavy atom. The average molecular weight is 304 g/mol. The molecule has 21 heavy (non-hydrogen) atoms. The Labute approximate surface area is 131 Å². The summed E-state index contributed by atoms with van der Waals surface area (Å²) in [7, 11) is 0. The summed E-state index contributed by atoms with van der Waals surface area (Å²) in [6.07, 6.45) is 5.46. The maximum Gasteiger partial charge on any atom is 0.127 e. The number of rotatable bonds is 5. The van der Waals surface area contributed by atoms with Crippen molar-refractivity contribution in [3.8, 4) is 5.75 Å². The van der Waals surface area contributed by atoms with Gasteiger partial charge < -0.3 is 10.1 Å². The van der Waals surface area contributed by atoms with Crippen molar-refractivity contribution >= 4 is 22.4 Å². The van der Waals surface area contributed by atoms with Crippen molar-refractivity contribution in [3.63, 3.8) is 0 Å². The molecule has 1 aliphatic carbocycles. The Morgan fingerprint density at radius 2 is 1.86 bits per heavy atom. The summed E-state index contributed by atoms with van der Waals surface area (Å²) in [5.74, 6) is 0.913. The molecule has 1 aliphatic rings. The minimum absolute atomic E-state index is 0.148. The van der Waals surface area contributed by atoms with E-state index in [2.05, 4.69) is 18.3 Å². The predicted molar refractivity (Wildman–Crippen MR) is 89.3 cm³/mol. The highest BCUT2D eigenvalue weighted by Crippen LogP contribution is 2.31. The van der Waals surface area contributed by atoms with Crippen LogP contribution in [-0.2, 0) is 0 Å². The minimum Gasteiger partial charge on any atom is -0.489 e. The lowest BCUT2D eigenvalue weighted by Gasteiger charge is -2.19. The zero-order valence-corrected chi connectivity index (χ0v) is 13.2. The molecular formula is C18H22ClNO. The molecule has 3 rings (SSSR count). The summed E-state index contributed by atoms with van der Waals surface area (Å²) >= 11 is 6.24. The first-order valence-corrected chi connectivity index (χ1v) is 8.19. The van der Waals surface area contributed by atoms with Crippen LogP contribution in [0.4, 0.5) is 0 Å². The monoisotopic (exact) mass is 303 g/mol. The van der Waals surface area contributed by atoms with Crippen molar-refractivity contribution in [1.82, 2.24) is 5.32 Å². The smallest absolute Gasteiger partial charge is 0.127 e. The maximum absolute atomic E-state index is 6.24. The highest BCUT2D eigenvalue weighted by atomic mass is 35.5. The van der Waals surface area contributed by atoms with Crippen molar-refractivity contribution in [3.05, 3.63) is 41.4 Å². The van der Waals surface area contributed by atoms with Gasteiger partial charge in [-0.3, -0.25) is 0 Å². The van der Waals surface area contributed by atoms with Gasteiger partial charge in [0.1, 0.15) is 11.9 Å². The first kappa shape index (κ1) is 14.7. The first-order chi connectivity index (χ1) is 10.2. The molecule has 2 aromatic carbocycles. The molecule has 1 N–H and O–H groups in total. The molecule has 1 saturated carbocycles. The topological polar surface area (TPSA) is 21.3 Å². The van der Waals surface area contributed by atoms with E-state index in [4.69, 9.17) is 16.3 Å². The Bertz CT molecular complexity index is 607. The third kappa shape index (κ3) is 3.50. The van der Waals surface area contributed by atoms with Crippen LogP contribution in [0.2, 0.25) is 5.02 Å². The molecule has 1 atom stereocenters. The number of fused-ring (bicyclic) bond motifs is 1. The van der Waals surface area contributed by atoms with Gasteiger partial charge >= 0.3 is 0 Å². The van der Waals surface area contributed by atoms with E-state index in [0.717, 1.165) is 28.1 Å². The molecule has 2 aromatic rings. The van der Waals surface area contributed by atoms with E-state index < -0.39 is 0 Å². The number of halogens is 1. The summed E-state index contributed by atoms with van der Waals surface area (Å²) in [6, 6.07) is 12.7. The van der Waals surface area contributed by atoms with Gasteiger partial charge in [0.05, 0.1) is 0 Å². The van der Waals surface area contributed by atoms with Gasteiger partial charge in [0.25, 0.3) is 0 Å². The van der Waals surface area contributed by atoms with Gasteiger partial charge in [0.2, 0.25) is 0 Å². The van der Waals surface area contributed by atoms with Crippen molar-refractivity contribution in [2.24, 2.45) is 0 Å². The van der Waals surface area contributed by atoms with E-state index >= 15 is 0 Å². The van der Waals surface area contributed by atoms with Gasteiger partial charge in [-0.15, -0.1) is 0 Å². The van der Waals surface area contributed by atoms with Gasteiger partial charge in [0.15, 0.2) is 0 Å². The molecule has 1 fully saturated rings. The van der Waals surface area contributed by atoms with Crippen LogP contribution in [0, 0.1) is 0 Å². The van der Waals surface area contributed by atoms with Crippen LogP contribution >= 0.6 is 11.6 Å². The summed E-state index contributed by atoms with van der Waals surface area (Å²) in [6.45, 7) is 3.01. The predicted octanol–water partition coefficient (Wildman–Crippen LogP) is 4.79. The second-order valence-corrected chi connectivity index (χ2v) is 6.32. The lowest BCUT2D eigenvalue weighted by Crippen LogP contribution is -2.35. The molecule has 1 unspecified atom stereocenters. The lowest BCUT2D eigenvalue weighted by atomic mass is 10.1. The van der Waals surface area contributed by atoms with E-state index in [1.807, 2.05) is 30.3 Å². The SMILES string of the molecule is CC(CNC1CCCC1)Oc1ccc(Cl)c2ccccc12. The molecule has 2 nitrogen and oxygen atoms in total. The second-order valence-electron chi connectivity index (χ2n) is 5.91. The maximum atomic E-state index is 6.24. The molecule has 0 bridgehead atoms. The second kappa shape index (κ2) is 6.67. The van der Waals surface area contributed by atoms with Crippen molar-refractivity contribution in [2.75, 3.05) is 6.54 Å². The van der Waals surface area contributed by atoms with Crippen LogP contribution in [0.15, 0.2) is 36.4 Å². The highest BCUT2D eigenvalue weighted by Gasteiger charge is 2.16. The molecular weight excluding hydrogens is 282 g/mol. The molecule has 0 spiro atoms. The fourth-order valence-corrected chi connectivity index (χ4v) is 3.29. The van der Waals surface area contributed by atoms with Gasteiger partial charge in [-0.2, -0.15) is 0 Å². The van der Waals surface area contributed by atoms with E-state index in [0.29, 0.717) is 6.04 Å². The summed E-state index contributed by atoms with van der Waals surface area (Å²) in [5, 5.41) is 6.51. The quantitative estimate of drug-likeness (QED) is 0.857. The van der Waals surface area contributed by atoms with Crippen LogP contribution < -0.4 is 10.1 Å². The van der Waals surface area contributed by atoms with Crippen molar-refractivity contribution in [1.29, 1.82) is 0 Å². The Kier molecular flexibility index (Phi) is 4.67. The van der Waals surface area contributed by atoms with Crippen LogP contribution in [0.1, 0.15) is 32.6 Å². The number of nitrogens with one attached hydrogen (secondary N) is 1. The standard InChI is InChI=1S/C18H22ClNO/c1-13(12-20-14-6-2-3-7-14)21-18-11-10-17(19)15-8-4-5-9-16(15)18/h4-5,8-11,13-14,20H,2-3,6-7,12H2,1H3. The summed E-state index contributed by atoms with van der Waals surface area (Å²) < 4.78 is 6.12. The third-order valence-corrected chi connectivity index (χ3v) is 4.54. The number of hydrogen-bond donors (Lipinski definition) is 1. The molecule has 0 saturated heterocycles. The fraction of sp³-hybridized carbons (Fsp3) is 0.444. The van der Waals surface area contributed by atoms with Crippen LogP contribution in [0.25, 0.3) is 10.8 Å². The van der Waals surface area contributed by atoms with Gasteiger partial charge in [-0.1, -0.05) is 48.7 Å². The van der Waals surface area contributed by atoms with Crippen LogP contribution in [0.5, 0.6) is 5.75 Å². The van der Waals surface area contributed by atoms with E-state index in [1.165, 1.54) is 25.7 Å². The van der Waals surface area contributed by atoms with Crippen molar-refractivity contribution < 1.29 is 4.74 Å².